The molecule has 0 N–H and O–H groups in total. The minimum Gasteiger partial charge on any atom is -0.382 e. The van der Waals surface area contributed by atoms with Crippen LogP contribution in [0.1, 0.15) is 26.2 Å². The molecule has 0 aliphatic rings. The highest BCUT2D eigenvalue weighted by Gasteiger charge is 2.12. The molecular formula is C9H19BrO2P+. The van der Waals surface area contributed by atoms with Crippen molar-refractivity contribution in [3.8, 4) is 0 Å². The first kappa shape index (κ1) is 13.5. The van der Waals surface area contributed by atoms with E-state index in [2.05, 4.69) is 15.9 Å². The molecule has 0 aliphatic heterocycles. The highest BCUT2D eigenvalue weighted by Crippen LogP contribution is 2.23. The van der Waals surface area contributed by atoms with Crippen molar-refractivity contribution in [3.63, 3.8) is 0 Å². The predicted octanol–water partition coefficient (Wildman–Crippen LogP) is 3.42. The minimum atomic E-state index is -0.960. The van der Waals surface area contributed by atoms with Gasteiger partial charge in [-0.2, -0.15) is 0 Å². The zero-order chi connectivity index (χ0) is 9.94. The topological polar surface area (TPSA) is 26.3 Å². The Morgan fingerprint density at radius 2 is 1.92 bits per heavy atom. The van der Waals surface area contributed by atoms with Gasteiger partial charge in [-0.05, 0) is 19.8 Å². The Bertz CT molecular complexity index is 131. The van der Waals surface area contributed by atoms with Crippen molar-refractivity contribution in [2.75, 3.05) is 30.9 Å². The zero-order valence-corrected chi connectivity index (χ0v) is 10.8. The molecule has 2 nitrogen and oxygen atoms in total. The second-order valence-electron chi connectivity index (χ2n) is 2.88. The molecule has 4 heteroatoms. The maximum atomic E-state index is 11.4. The Labute approximate surface area is 90.3 Å². The van der Waals surface area contributed by atoms with Crippen molar-refractivity contribution < 1.29 is 9.30 Å². The summed E-state index contributed by atoms with van der Waals surface area (Å²) in [5.41, 5.74) is 0. The van der Waals surface area contributed by atoms with E-state index in [4.69, 9.17) is 4.74 Å². The zero-order valence-electron chi connectivity index (χ0n) is 8.30. The first-order chi connectivity index (χ1) is 6.31. The van der Waals surface area contributed by atoms with Crippen molar-refractivity contribution in [3.05, 3.63) is 0 Å². The molecule has 0 radical (unpaired) electrons. The van der Waals surface area contributed by atoms with Gasteiger partial charge in [-0.1, -0.05) is 20.5 Å². The van der Waals surface area contributed by atoms with Crippen LogP contribution in [0.25, 0.3) is 0 Å². The van der Waals surface area contributed by atoms with Crippen molar-refractivity contribution in [2.45, 2.75) is 26.2 Å². The summed E-state index contributed by atoms with van der Waals surface area (Å²) in [4.78, 5) is 0. The fourth-order valence-electron chi connectivity index (χ4n) is 0.982. The van der Waals surface area contributed by atoms with E-state index in [9.17, 15) is 4.57 Å². The minimum absolute atomic E-state index is 0.760. The van der Waals surface area contributed by atoms with Crippen LogP contribution >= 0.6 is 23.7 Å². The smallest absolute Gasteiger partial charge is 0.338 e. The molecule has 0 spiro atoms. The number of ether oxygens (including phenoxy) is 1. The summed E-state index contributed by atoms with van der Waals surface area (Å²) in [6.45, 7) is 3.51. The highest BCUT2D eigenvalue weighted by molar-refractivity contribution is 9.09. The molecule has 0 aliphatic carbocycles. The van der Waals surface area contributed by atoms with Crippen LogP contribution in [0.2, 0.25) is 0 Å². The molecule has 0 aromatic heterocycles. The van der Waals surface area contributed by atoms with Crippen LogP contribution in [0, 0.1) is 0 Å². The molecule has 0 amide bonds. The average Bonchev–Trinajstić information content (AvgIpc) is 2.13. The number of hydrogen-bond donors (Lipinski definition) is 0. The lowest BCUT2D eigenvalue weighted by Crippen LogP contribution is -1.95. The average molecular weight is 270 g/mol. The fraction of sp³-hybridized carbons (Fsp3) is 1.00. The standard InChI is InChI=1S/C9H19BrO2P/c1-2-12-7-5-9-13(11)8-4-3-6-10/h2-9H2,1H3/q+1. The lowest BCUT2D eigenvalue weighted by molar-refractivity contribution is 0.149. The van der Waals surface area contributed by atoms with E-state index in [0.717, 1.165) is 50.1 Å². The number of halogens is 1. The van der Waals surface area contributed by atoms with Gasteiger partial charge < -0.3 is 4.74 Å². The van der Waals surface area contributed by atoms with E-state index >= 15 is 0 Å². The summed E-state index contributed by atoms with van der Waals surface area (Å²) < 4.78 is 16.5. The lowest BCUT2D eigenvalue weighted by Gasteiger charge is -1.95. The largest absolute Gasteiger partial charge is 0.382 e. The first-order valence-corrected chi connectivity index (χ1v) is 7.62. The molecule has 78 valence electrons. The Morgan fingerprint density at radius 3 is 2.54 bits per heavy atom. The van der Waals surface area contributed by atoms with Gasteiger partial charge in [-0.15, -0.1) is 0 Å². The molecule has 0 heterocycles. The maximum absolute atomic E-state index is 11.4. The third-order valence-electron chi connectivity index (χ3n) is 1.69. The van der Waals surface area contributed by atoms with Gasteiger partial charge in [0.2, 0.25) is 0 Å². The van der Waals surface area contributed by atoms with Crippen molar-refractivity contribution in [2.24, 2.45) is 0 Å². The molecule has 0 aromatic rings. The Hall–Kier alpha value is 0.540. The van der Waals surface area contributed by atoms with Crippen LogP contribution in [-0.2, 0) is 9.30 Å². The van der Waals surface area contributed by atoms with Gasteiger partial charge in [0.05, 0.1) is 6.61 Å². The lowest BCUT2D eigenvalue weighted by atomic mass is 10.4. The van der Waals surface area contributed by atoms with Gasteiger partial charge in [-0.25, -0.2) is 0 Å². The molecule has 13 heavy (non-hydrogen) atoms. The highest BCUT2D eigenvalue weighted by atomic mass is 79.9. The Morgan fingerprint density at radius 1 is 1.23 bits per heavy atom. The number of unbranched alkanes of at least 4 members (excludes halogenated alkanes) is 1. The van der Waals surface area contributed by atoms with Gasteiger partial charge in [-0.3, -0.25) is 0 Å². The number of alkyl halides is 1. The Kier molecular flexibility index (Phi) is 11.1. The first-order valence-electron chi connectivity index (χ1n) is 4.87. The summed E-state index contributed by atoms with van der Waals surface area (Å²) in [6.07, 6.45) is 4.86. The van der Waals surface area contributed by atoms with Gasteiger partial charge in [0.15, 0.2) is 0 Å². The third-order valence-corrected chi connectivity index (χ3v) is 3.88. The third kappa shape index (κ3) is 10.5. The van der Waals surface area contributed by atoms with Crippen LogP contribution in [0.4, 0.5) is 0 Å². The van der Waals surface area contributed by atoms with Crippen LogP contribution in [0.5, 0.6) is 0 Å². The number of hydrogen-bond acceptors (Lipinski definition) is 2. The molecule has 0 bridgehead atoms. The van der Waals surface area contributed by atoms with E-state index in [0.29, 0.717) is 0 Å². The van der Waals surface area contributed by atoms with Crippen molar-refractivity contribution >= 4 is 23.7 Å². The SMILES string of the molecule is CCOCCC[P+](=O)CCCCBr. The predicted molar refractivity (Wildman–Crippen MR) is 61.5 cm³/mol. The van der Waals surface area contributed by atoms with E-state index in [1.54, 1.807) is 0 Å². The van der Waals surface area contributed by atoms with Gasteiger partial charge >= 0.3 is 7.80 Å². The van der Waals surface area contributed by atoms with Gasteiger partial charge in [0, 0.05) is 18.4 Å². The van der Waals surface area contributed by atoms with E-state index < -0.39 is 7.80 Å². The summed E-state index contributed by atoms with van der Waals surface area (Å²) in [5.74, 6) is 0. The summed E-state index contributed by atoms with van der Waals surface area (Å²) in [7, 11) is -0.960. The summed E-state index contributed by atoms with van der Waals surface area (Å²) in [6, 6.07) is 0. The van der Waals surface area contributed by atoms with Crippen LogP contribution < -0.4 is 0 Å². The van der Waals surface area contributed by atoms with E-state index in [1.807, 2.05) is 6.92 Å². The monoisotopic (exact) mass is 269 g/mol. The molecule has 1 unspecified atom stereocenters. The van der Waals surface area contributed by atoms with E-state index in [1.165, 1.54) is 0 Å². The Balaban J connectivity index is 3.11. The van der Waals surface area contributed by atoms with E-state index in [-0.39, 0.29) is 0 Å². The molecule has 0 rings (SSSR count). The van der Waals surface area contributed by atoms with Gasteiger partial charge in [0.25, 0.3) is 0 Å². The molecule has 0 fully saturated rings. The molecule has 0 aromatic carbocycles. The van der Waals surface area contributed by atoms with Gasteiger partial charge in [0.1, 0.15) is 12.3 Å². The van der Waals surface area contributed by atoms with Crippen LogP contribution in [0.15, 0.2) is 0 Å². The van der Waals surface area contributed by atoms with Crippen LogP contribution in [-0.4, -0.2) is 30.9 Å². The molecule has 0 saturated heterocycles. The fourth-order valence-corrected chi connectivity index (χ4v) is 2.66. The second kappa shape index (κ2) is 10.6. The normalized spacial score (nSPS) is 11.7. The summed E-state index contributed by atoms with van der Waals surface area (Å²) in [5, 5.41) is 1.02. The van der Waals surface area contributed by atoms with Crippen LogP contribution in [0.3, 0.4) is 0 Å². The molecule has 0 saturated carbocycles. The molecular weight excluding hydrogens is 251 g/mol. The molecule has 1 atom stereocenters. The number of rotatable bonds is 9. The maximum Gasteiger partial charge on any atom is 0.338 e. The van der Waals surface area contributed by atoms with Crippen molar-refractivity contribution in [1.82, 2.24) is 0 Å². The second-order valence-corrected chi connectivity index (χ2v) is 5.53. The van der Waals surface area contributed by atoms with Crippen molar-refractivity contribution in [1.29, 1.82) is 0 Å². The quantitative estimate of drug-likeness (QED) is 0.364. The summed E-state index contributed by atoms with van der Waals surface area (Å²) >= 11 is 3.36.